The third-order valence-corrected chi connectivity index (χ3v) is 4.29. The van der Waals surface area contributed by atoms with Crippen LogP contribution in [0, 0.1) is 0 Å². The fourth-order valence-electron chi connectivity index (χ4n) is 3.05. The second-order valence-electron chi connectivity index (χ2n) is 5.84. The van der Waals surface area contributed by atoms with Gasteiger partial charge in [0.2, 0.25) is 0 Å². The normalized spacial score (nSPS) is 17.8. The monoisotopic (exact) mass is 310 g/mol. The van der Waals surface area contributed by atoms with Crippen LogP contribution in [-0.4, -0.2) is 33.4 Å². The minimum absolute atomic E-state index is 0.00932. The lowest BCUT2D eigenvalue weighted by Crippen LogP contribution is -2.43. The van der Waals surface area contributed by atoms with Gasteiger partial charge in [-0.2, -0.15) is 0 Å². The first-order valence-corrected chi connectivity index (χ1v) is 8.23. The number of carbonyl (C=O) groups excluding carboxylic acids is 1. The second-order valence-corrected chi connectivity index (χ2v) is 5.84. The zero-order valence-corrected chi connectivity index (χ0v) is 13.4. The molecule has 0 radical (unpaired) electrons. The number of para-hydroxylation sites is 1. The molecular weight excluding hydrogens is 288 g/mol. The summed E-state index contributed by atoms with van der Waals surface area (Å²) in [5.74, 6) is 0.648. The van der Waals surface area contributed by atoms with Crippen LogP contribution in [0.3, 0.4) is 0 Å². The van der Waals surface area contributed by atoms with Crippen LogP contribution in [0.15, 0.2) is 42.7 Å². The molecule has 1 unspecified atom stereocenters. The van der Waals surface area contributed by atoms with E-state index in [-0.39, 0.29) is 5.91 Å². The summed E-state index contributed by atoms with van der Waals surface area (Å²) in [6, 6.07) is 11.8. The van der Waals surface area contributed by atoms with E-state index in [1.807, 2.05) is 35.2 Å². The molecule has 1 atom stereocenters. The minimum atomic E-state index is 0.00932. The highest BCUT2D eigenvalue weighted by Gasteiger charge is 2.27. The van der Waals surface area contributed by atoms with Crippen molar-refractivity contribution >= 4 is 17.4 Å². The molecule has 0 aliphatic carbocycles. The molecule has 5 heteroatoms. The Bertz CT molecular complexity index is 659. The molecule has 120 valence electrons. The molecule has 5 nitrogen and oxygen atoms in total. The standard InChI is InChI=1S/C18H22N4O/c1-2-15-10-6-7-11-22(15)18(23)16-12-17(20-13-19-16)21-14-8-4-3-5-9-14/h3-5,8-9,12-13,15H,2,6-7,10-11H2,1H3,(H,19,20,21). The van der Waals surface area contributed by atoms with Crippen LogP contribution in [0.4, 0.5) is 11.5 Å². The van der Waals surface area contributed by atoms with Gasteiger partial charge in [0.1, 0.15) is 17.8 Å². The third kappa shape index (κ3) is 3.67. The minimum Gasteiger partial charge on any atom is -0.340 e. The zero-order chi connectivity index (χ0) is 16.1. The Kier molecular flexibility index (Phi) is 4.86. The highest BCUT2D eigenvalue weighted by atomic mass is 16.2. The summed E-state index contributed by atoms with van der Waals surface area (Å²) in [6.07, 6.45) is 5.80. The number of anilines is 2. The largest absolute Gasteiger partial charge is 0.340 e. The third-order valence-electron chi connectivity index (χ3n) is 4.29. The second kappa shape index (κ2) is 7.22. The van der Waals surface area contributed by atoms with Gasteiger partial charge in [-0.15, -0.1) is 0 Å². The summed E-state index contributed by atoms with van der Waals surface area (Å²) in [4.78, 5) is 23.1. The fourth-order valence-corrected chi connectivity index (χ4v) is 3.05. The molecule has 1 N–H and O–H groups in total. The van der Waals surface area contributed by atoms with Gasteiger partial charge in [-0.25, -0.2) is 9.97 Å². The van der Waals surface area contributed by atoms with Crippen molar-refractivity contribution in [1.29, 1.82) is 0 Å². The van der Waals surface area contributed by atoms with Crippen molar-refractivity contribution in [3.05, 3.63) is 48.4 Å². The van der Waals surface area contributed by atoms with Crippen molar-refractivity contribution in [1.82, 2.24) is 14.9 Å². The molecule has 1 fully saturated rings. The lowest BCUT2D eigenvalue weighted by Gasteiger charge is -2.35. The first-order chi connectivity index (χ1) is 11.3. The van der Waals surface area contributed by atoms with Gasteiger partial charge in [-0.1, -0.05) is 25.1 Å². The highest BCUT2D eigenvalue weighted by Crippen LogP contribution is 2.22. The van der Waals surface area contributed by atoms with Gasteiger partial charge in [0, 0.05) is 24.3 Å². The van der Waals surface area contributed by atoms with E-state index in [4.69, 9.17) is 0 Å². The van der Waals surface area contributed by atoms with Crippen molar-refractivity contribution in [2.75, 3.05) is 11.9 Å². The number of hydrogen-bond donors (Lipinski definition) is 1. The lowest BCUT2D eigenvalue weighted by atomic mass is 9.99. The molecule has 2 aromatic rings. The highest BCUT2D eigenvalue weighted by molar-refractivity contribution is 5.93. The molecule has 0 bridgehead atoms. The smallest absolute Gasteiger partial charge is 0.272 e. The lowest BCUT2D eigenvalue weighted by molar-refractivity contribution is 0.0602. The van der Waals surface area contributed by atoms with Gasteiger partial charge >= 0.3 is 0 Å². The molecule has 1 aliphatic rings. The summed E-state index contributed by atoms with van der Waals surface area (Å²) in [6.45, 7) is 2.96. The fraction of sp³-hybridized carbons (Fsp3) is 0.389. The Morgan fingerprint density at radius 1 is 1.26 bits per heavy atom. The van der Waals surface area contributed by atoms with Gasteiger partial charge in [-0.05, 0) is 37.8 Å². The SMILES string of the molecule is CCC1CCCCN1C(=O)c1cc(Nc2ccccc2)ncn1. The topological polar surface area (TPSA) is 58.1 Å². The molecule has 1 aromatic heterocycles. The van der Waals surface area contributed by atoms with E-state index in [1.165, 1.54) is 12.7 Å². The van der Waals surface area contributed by atoms with Crippen LogP contribution in [0.1, 0.15) is 43.1 Å². The average Bonchev–Trinajstić information content (AvgIpc) is 2.62. The molecule has 3 rings (SSSR count). The van der Waals surface area contributed by atoms with Gasteiger partial charge in [-0.3, -0.25) is 4.79 Å². The van der Waals surface area contributed by atoms with E-state index in [0.29, 0.717) is 17.6 Å². The summed E-state index contributed by atoms with van der Waals surface area (Å²) < 4.78 is 0. The molecule has 1 aliphatic heterocycles. The number of nitrogens with one attached hydrogen (secondary N) is 1. The van der Waals surface area contributed by atoms with E-state index >= 15 is 0 Å². The van der Waals surface area contributed by atoms with Crippen molar-refractivity contribution in [3.63, 3.8) is 0 Å². The molecule has 0 spiro atoms. The number of rotatable bonds is 4. The predicted octanol–water partition coefficient (Wildman–Crippen LogP) is 3.62. The summed E-state index contributed by atoms with van der Waals surface area (Å²) in [5.41, 5.74) is 1.40. The van der Waals surface area contributed by atoms with E-state index in [9.17, 15) is 4.79 Å². The molecular formula is C18H22N4O. The number of likely N-dealkylation sites (tertiary alicyclic amines) is 1. The summed E-state index contributed by atoms with van der Waals surface area (Å²) >= 11 is 0. The van der Waals surface area contributed by atoms with Gasteiger partial charge in [0.15, 0.2) is 0 Å². The molecule has 1 saturated heterocycles. The van der Waals surface area contributed by atoms with Crippen LogP contribution in [-0.2, 0) is 0 Å². The Hall–Kier alpha value is -2.43. The number of amides is 1. The van der Waals surface area contributed by atoms with E-state index < -0.39 is 0 Å². The first kappa shape index (κ1) is 15.5. The zero-order valence-electron chi connectivity index (χ0n) is 13.4. The predicted molar refractivity (Wildman–Crippen MR) is 90.7 cm³/mol. The Labute approximate surface area is 136 Å². The van der Waals surface area contributed by atoms with Crippen LogP contribution in [0.25, 0.3) is 0 Å². The average molecular weight is 310 g/mol. The van der Waals surface area contributed by atoms with Gasteiger partial charge < -0.3 is 10.2 Å². The number of benzene rings is 1. The van der Waals surface area contributed by atoms with Gasteiger partial charge in [0.25, 0.3) is 5.91 Å². The molecule has 1 amide bonds. The number of hydrogen-bond acceptors (Lipinski definition) is 4. The van der Waals surface area contributed by atoms with Gasteiger partial charge in [0.05, 0.1) is 0 Å². The maximum atomic E-state index is 12.8. The Balaban J connectivity index is 1.77. The summed E-state index contributed by atoms with van der Waals surface area (Å²) in [5, 5.41) is 3.21. The first-order valence-electron chi connectivity index (χ1n) is 8.23. The molecule has 1 aromatic carbocycles. The van der Waals surface area contributed by atoms with Crippen molar-refractivity contribution in [2.45, 2.75) is 38.6 Å². The maximum Gasteiger partial charge on any atom is 0.272 e. The number of aromatic nitrogens is 2. The number of nitrogens with zero attached hydrogens (tertiary/aromatic N) is 3. The van der Waals surface area contributed by atoms with Crippen LogP contribution >= 0.6 is 0 Å². The quantitative estimate of drug-likeness (QED) is 0.937. The Morgan fingerprint density at radius 3 is 2.87 bits per heavy atom. The number of piperidine rings is 1. The van der Waals surface area contributed by atoms with Crippen molar-refractivity contribution < 1.29 is 4.79 Å². The summed E-state index contributed by atoms with van der Waals surface area (Å²) in [7, 11) is 0. The molecule has 0 saturated carbocycles. The van der Waals surface area contributed by atoms with Crippen LogP contribution in [0.2, 0.25) is 0 Å². The molecule has 23 heavy (non-hydrogen) atoms. The Morgan fingerprint density at radius 2 is 2.09 bits per heavy atom. The number of carbonyl (C=O) groups is 1. The van der Waals surface area contributed by atoms with E-state index in [2.05, 4.69) is 22.2 Å². The maximum absolute atomic E-state index is 12.8. The van der Waals surface area contributed by atoms with Crippen molar-refractivity contribution in [2.24, 2.45) is 0 Å². The van der Waals surface area contributed by atoms with E-state index in [0.717, 1.165) is 31.5 Å². The van der Waals surface area contributed by atoms with Crippen molar-refractivity contribution in [3.8, 4) is 0 Å². The van der Waals surface area contributed by atoms with Crippen LogP contribution < -0.4 is 5.32 Å². The van der Waals surface area contributed by atoms with Crippen LogP contribution in [0.5, 0.6) is 0 Å². The molecule has 2 heterocycles. The van der Waals surface area contributed by atoms with E-state index in [1.54, 1.807) is 6.07 Å².